The number of hydrogen-bond donors (Lipinski definition) is 1. The molecule has 0 saturated carbocycles. The van der Waals surface area contributed by atoms with E-state index >= 15 is 0 Å². The molecule has 1 unspecified atom stereocenters. The fraction of sp³-hybridized carbons (Fsp3) is 1.00. The van der Waals surface area contributed by atoms with E-state index in [-0.39, 0.29) is 0 Å². The van der Waals surface area contributed by atoms with Crippen LogP contribution in [-0.2, 0) is 0 Å². The number of rotatable bonds is 6. The maximum absolute atomic E-state index is 8.47. The van der Waals surface area contributed by atoms with Gasteiger partial charge in [-0.1, -0.05) is 13.3 Å². The Morgan fingerprint density at radius 2 is 2.00 bits per heavy atom. The van der Waals surface area contributed by atoms with Gasteiger partial charge in [-0.25, -0.2) is 0 Å². The van der Waals surface area contributed by atoms with Gasteiger partial charge in [0.25, 0.3) is 0 Å². The van der Waals surface area contributed by atoms with E-state index in [1.807, 2.05) is 0 Å². The largest absolute Gasteiger partial charge is 0.396 e. The van der Waals surface area contributed by atoms with Gasteiger partial charge in [-0.3, -0.25) is 0 Å². The Balaban J connectivity index is 2.97. The van der Waals surface area contributed by atoms with Crippen molar-refractivity contribution in [3.05, 3.63) is 0 Å². The molecule has 0 heterocycles. The van der Waals surface area contributed by atoms with E-state index in [1.165, 1.54) is 0 Å². The molecule has 0 aromatic heterocycles. The first-order valence-corrected chi connectivity index (χ1v) is 4.49. The van der Waals surface area contributed by atoms with Crippen molar-refractivity contribution < 1.29 is 5.11 Å². The summed E-state index contributed by atoms with van der Waals surface area (Å²) in [5.41, 5.74) is 0. The van der Waals surface area contributed by atoms with E-state index in [2.05, 4.69) is 6.92 Å². The summed E-state index contributed by atoms with van der Waals surface area (Å²) in [5, 5.41) is 8.80. The van der Waals surface area contributed by atoms with Gasteiger partial charge >= 0.3 is 0 Å². The highest BCUT2D eigenvalue weighted by Crippen LogP contribution is 2.12. The van der Waals surface area contributed by atoms with E-state index < -0.39 is 0 Å². The molecule has 0 amide bonds. The molecule has 0 spiro atoms. The molecule has 0 saturated heterocycles. The van der Waals surface area contributed by atoms with E-state index in [0.717, 1.165) is 32.1 Å². The van der Waals surface area contributed by atoms with Crippen molar-refractivity contribution >= 4 is 11.6 Å². The van der Waals surface area contributed by atoms with Gasteiger partial charge in [-0.15, -0.1) is 11.6 Å². The van der Waals surface area contributed by atoms with Crippen LogP contribution in [-0.4, -0.2) is 17.1 Å². The van der Waals surface area contributed by atoms with Crippen molar-refractivity contribution in [2.75, 3.05) is 6.61 Å². The van der Waals surface area contributed by atoms with Crippen molar-refractivity contribution in [1.29, 1.82) is 0 Å². The monoisotopic (exact) mass is 164 g/mol. The summed E-state index contributed by atoms with van der Waals surface area (Å²) >= 11 is 5.94. The summed E-state index contributed by atoms with van der Waals surface area (Å²) in [7, 11) is 0. The molecule has 0 aliphatic heterocycles. The molecule has 0 fully saturated rings. The molecule has 0 bridgehead atoms. The van der Waals surface area contributed by atoms with Crippen molar-refractivity contribution in [1.82, 2.24) is 0 Å². The van der Waals surface area contributed by atoms with Crippen LogP contribution in [0, 0.1) is 0 Å². The predicted octanol–water partition coefficient (Wildman–Crippen LogP) is 2.56. The molecule has 62 valence electrons. The zero-order valence-electron chi connectivity index (χ0n) is 6.65. The quantitative estimate of drug-likeness (QED) is 0.473. The first kappa shape index (κ1) is 10.2. The highest BCUT2D eigenvalue weighted by atomic mass is 35.5. The lowest BCUT2D eigenvalue weighted by Gasteiger charge is -2.05. The van der Waals surface area contributed by atoms with Crippen LogP contribution in [0.15, 0.2) is 0 Å². The highest BCUT2D eigenvalue weighted by molar-refractivity contribution is 6.20. The van der Waals surface area contributed by atoms with Crippen LogP contribution in [0.3, 0.4) is 0 Å². The lowest BCUT2D eigenvalue weighted by molar-refractivity contribution is 0.282. The molecular formula is C8H17ClO. The maximum atomic E-state index is 8.47. The second-order valence-corrected chi connectivity index (χ2v) is 3.22. The van der Waals surface area contributed by atoms with Gasteiger partial charge in [0.1, 0.15) is 0 Å². The molecule has 0 rings (SSSR count). The van der Waals surface area contributed by atoms with Gasteiger partial charge in [0.2, 0.25) is 0 Å². The van der Waals surface area contributed by atoms with E-state index in [4.69, 9.17) is 16.7 Å². The van der Waals surface area contributed by atoms with Gasteiger partial charge in [-0.2, -0.15) is 0 Å². The number of aliphatic hydroxyl groups is 1. The fourth-order valence-corrected chi connectivity index (χ4v) is 1.31. The Bertz CT molecular complexity index is 66.3. The molecule has 1 nitrogen and oxygen atoms in total. The first-order chi connectivity index (χ1) is 4.81. The third-order valence-electron chi connectivity index (χ3n) is 1.53. The second-order valence-electron chi connectivity index (χ2n) is 2.61. The molecule has 1 atom stereocenters. The van der Waals surface area contributed by atoms with Crippen LogP contribution >= 0.6 is 11.6 Å². The van der Waals surface area contributed by atoms with Gasteiger partial charge in [0.05, 0.1) is 0 Å². The Morgan fingerprint density at radius 1 is 1.30 bits per heavy atom. The summed E-state index contributed by atoms with van der Waals surface area (Å²) in [6, 6.07) is 0. The first-order valence-electron chi connectivity index (χ1n) is 4.06. The van der Waals surface area contributed by atoms with Crippen LogP contribution in [0.2, 0.25) is 0 Å². The van der Waals surface area contributed by atoms with Crippen LogP contribution in [0.25, 0.3) is 0 Å². The van der Waals surface area contributed by atoms with E-state index in [1.54, 1.807) is 0 Å². The van der Waals surface area contributed by atoms with Crippen LogP contribution < -0.4 is 0 Å². The standard InChI is InChI=1S/C8H17ClO/c1-2-5-8(9)6-3-4-7-10/h8,10H,2-7H2,1H3. The van der Waals surface area contributed by atoms with Gasteiger partial charge in [0, 0.05) is 12.0 Å². The number of alkyl halides is 1. The maximum Gasteiger partial charge on any atom is 0.0431 e. The average molecular weight is 165 g/mol. The van der Waals surface area contributed by atoms with Crippen molar-refractivity contribution in [2.45, 2.75) is 44.4 Å². The Kier molecular flexibility index (Phi) is 7.54. The smallest absolute Gasteiger partial charge is 0.0431 e. The molecule has 0 radical (unpaired) electrons. The summed E-state index contributed by atoms with van der Waals surface area (Å²) in [5.74, 6) is 0. The van der Waals surface area contributed by atoms with Gasteiger partial charge in [-0.05, 0) is 25.7 Å². The highest BCUT2D eigenvalue weighted by Gasteiger charge is 2.00. The molecule has 1 N–H and O–H groups in total. The minimum absolute atomic E-state index is 0.301. The molecule has 0 aliphatic carbocycles. The van der Waals surface area contributed by atoms with Crippen molar-refractivity contribution in [3.63, 3.8) is 0 Å². The van der Waals surface area contributed by atoms with E-state index in [9.17, 15) is 0 Å². The second kappa shape index (κ2) is 7.36. The number of unbranched alkanes of at least 4 members (excludes halogenated alkanes) is 1. The molecule has 2 heteroatoms. The minimum Gasteiger partial charge on any atom is -0.396 e. The third-order valence-corrected chi connectivity index (χ3v) is 1.96. The topological polar surface area (TPSA) is 20.2 Å². The molecule has 0 aromatic carbocycles. The van der Waals surface area contributed by atoms with Crippen LogP contribution in [0.1, 0.15) is 39.0 Å². The SMILES string of the molecule is CCCC(Cl)CCCCO. The molecule has 10 heavy (non-hydrogen) atoms. The summed E-state index contributed by atoms with van der Waals surface area (Å²) < 4.78 is 0. The van der Waals surface area contributed by atoms with Crippen molar-refractivity contribution in [2.24, 2.45) is 0 Å². The normalized spacial score (nSPS) is 13.5. The number of halogens is 1. The van der Waals surface area contributed by atoms with E-state index in [0.29, 0.717) is 12.0 Å². The predicted molar refractivity (Wildman–Crippen MR) is 45.5 cm³/mol. The minimum atomic E-state index is 0.301. The lowest BCUT2D eigenvalue weighted by atomic mass is 10.1. The van der Waals surface area contributed by atoms with Crippen LogP contribution in [0.5, 0.6) is 0 Å². The number of hydrogen-bond acceptors (Lipinski definition) is 1. The Labute approximate surface area is 68.4 Å². The summed E-state index contributed by atoms with van der Waals surface area (Å²) in [6.45, 7) is 2.44. The van der Waals surface area contributed by atoms with Gasteiger partial charge in [0.15, 0.2) is 0 Å². The lowest BCUT2D eigenvalue weighted by Crippen LogP contribution is -1.97. The van der Waals surface area contributed by atoms with Gasteiger partial charge < -0.3 is 5.11 Å². The zero-order chi connectivity index (χ0) is 7.82. The Hall–Kier alpha value is 0.250. The Morgan fingerprint density at radius 3 is 2.50 bits per heavy atom. The van der Waals surface area contributed by atoms with Crippen LogP contribution in [0.4, 0.5) is 0 Å². The summed E-state index contributed by atoms with van der Waals surface area (Å²) in [4.78, 5) is 0. The summed E-state index contributed by atoms with van der Waals surface area (Å²) in [6.07, 6.45) is 5.27. The molecular weight excluding hydrogens is 148 g/mol. The zero-order valence-corrected chi connectivity index (χ0v) is 7.40. The molecule has 0 aliphatic rings. The number of aliphatic hydroxyl groups excluding tert-OH is 1. The third kappa shape index (κ3) is 6.37. The van der Waals surface area contributed by atoms with Crippen molar-refractivity contribution in [3.8, 4) is 0 Å². The molecule has 0 aromatic rings. The fourth-order valence-electron chi connectivity index (χ4n) is 0.935. The average Bonchev–Trinajstić information content (AvgIpc) is 1.89.